The average Bonchev–Trinajstić information content (AvgIpc) is 2.74. The molecule has 1 aromatic heterocycles. The Bertz CT molecular complexity index is 959. The molecular formula is C20H22N6O2. The number of nitrogens with zero attached hydrogens (tertiary/aromatic N) is 2. The van der Waals surface area contributed by atoms with Gasteiger partial charge in [-0.3, -0.25) is 15.6 Å². The Morgan fingerprint density at radius 2 is 1.79 bits per heavy atom. The zero-order valence-electron chi connectivity index (χ0n) is 15.7. The predicted molar refractivity (Wildman–Crippen MR) is 110 cm³/mol. The van der Waals surface area contributed by atoms with Gasteiger partial charge in [0.25, 0.3) is 5.91 Å². The van der Waals surface area contributed by atoms with Crippen molar-refractivity contribution in [1.29, 1.82) is 0 Å². The minimum Gasteiger partial charge on any atom is -0.497 e. The third-order valence-corrected chi connectivity index (χ3v) is 4.18. The van der Waals surface area contributed by atoms with Crippen LogP contribution >= 0.6 is 0 Å². The molecule has 0 bridgehead atoms. The molecular weight excluding hydrogens is 356 g/mol. The summed E-state index contributed by atoms with van der Waals surface area (Å²) < 4.78 is 5.08. The molecule has 3 aromatic rings. The van der Waals surface area contributed by atoms with E-state index in [1.807, 2.05) is 24.3 Å². The summed E-state index contributed by atoms with van der Waals surface area (Å²) in [4.78, 5) is 20.6. The van der Waals surface area contributed by atoms with Gasteiger partial charge in [-0.2, -0.15) is 0 Å². The molecule has 0 aliphatic rings. The largest absolute Gasteiger partial charge is 0.497 e. The van der Waals surface area contributed by atoms with Crippen molar-refractivity contribution < 1.29 is 9.53 Å². The van der Waals surface area contributed by atoms with Crippen LogP contribution in [0.3, 0.4) is 0 Å². The van der Waals surface area contributed by atoms with E-state index in [0.29, 0.717) is 28.6 Å². The van der Waals surface area contributed by atoms with Crippen LogP contribution in [0.1, 0.15) is 22.8 Å². The van der Waals surface area contributed by atoms with Gasteiger partial charge in [0.1, 0.15) is 17.8 Å². The van der Waals surface area contributed by atoms with E-state index in [1.165, 1.54) is 6.33 Å². The SMILES string of the molecule is CCc1ccccc1Nc1ncnc(NNC(=O)c2ccc(OC)cc2)c1N. The molecule has 2 aromatic carbocycles. The number of rotatable bonds is 7. The van der Waals surface area contributed by atoms with Gasteiger partial charge in [-0.25, -0.2) is 9.97 Å². The van der Waals surface area contributed by atoms with Gasteiger partial charge in [0, 0.05) is 11.3 Å². The van der Waals surface area contributed by atoms with E-state index in [2.05, 4.69) is 33.1 Å². The number of aryl methyl sites for hydroxylation is 1. The van der Waals surface area contributed by atoms with Crippen LogP contribution in [0.15, 0.2) is 54.9 Å². The second-order valence-electron chi connectivity index (χ2n) is 5.93. The molecule has 0 radical (unpaired) electrons. The molecule has 8 nitrogen and oxygen atoms in total. The number of anilines is 4. The maximum absolute atomic E-state index is 12.3. The lowest BCUT2D eigenvalue weighted by Gasteiger charge is -2.14. The van der Waals surface area contributed by atoms with Crippen LogP contribution in [0.2, 0.25) is 0 Å². The van der Waals surface area contributed by atoms with Crippen molar-refractivity contribution in [2.75, 3.05) is 23.6 Å². The fraction of sp³-hybridized carbons (Fsp3) is 0.150. The third-order valence-electron chi connectivity index (χ3n) is 4.18. The summed E-state index contributed by atoms with van der Waals surface area (Å²) in [6.45, 7) is 2.07. The van der Waals surface area contributed by atoms with Gasteiger partial charge in [0.2, 0.25) is 0 Å². The van der Waals surface area contributed by atoms with Gasteiger partial charge in [-0.15, -0.1) is 0 Å². The van der Waals surface area contributed by atoms with Crippen LogP contribution in [-0.2, 0) is 6.42 Å². The minimum atomic E-state index is -0.327. The van der Waals surface area contributed by atoms with Crippen molar-refractivity contribution in [3.8, 4) is 5.75 Å². The summed E-state index contributed by atoms with van der Waals surface area (Å²) >= 11 is 0. The van der Waals surface area contributed by atoms with E-state index in [0.717, 1.165) is 17.7 Å². The number of nitrogens with one attached hydrogen (secondary N) is 3. The molecule has 28 heavy (non-hydrogen) atoms. The van der Waals surface area contributed by atoms with Crippen molar-refractivity contribution in [1.82, 2.24) is 15.4 Å². The number of aromatic nitrogens is 2. The molecule has 0 fully saturated rings. The molecule has 3 rings (SSSR count). The first-order valence-corrected chi connectivity index (χ1v) is 8.78. The Balaban J connectivity index is 1.71. The second-order valence-corrected chi connectivity index (χ2v) is 5.93. The highest BCUT2D eigenvalue weighted by Gasteiger charge is 2.11. The Kier molecular flexibility index (Phi) is 5.91. The normalized spacial score (nSPS) is 10.2. The van der Waals surface area contributed by atoms with Crippen LogP contribution in [0.4, 0.5) is 23.0 Å². The maximum Gasteiger partial charge on any atom is 0.269 e. The zero-order valence-corrected chi connectivity index (χ0v) is 15.7. The number of methoxy groups -OCH3 is 1. The molecule has 1 amide bonds. The topological polar surface area (TPSA) is 114 Å². The number of carbonyl (C=O) groups excluding carboxylic acids is 1. The van der Waals surface area contributed by atoms with Gasteiger partial charge in [-0.1, -0.05) is 25.1 Å². The summed E-state index contributed by atoms with van der Waals surface area (Å²) in [5.41, 5.74) is 14.3. The molecule has 0 spiro atoms. The van der Waals surface area contributed by atoms with Crippen molar-refractivity contribution in [2.45, 2.75) is 13.3 Å². The number of carbonyl (C=O) groups is 1. The summed E-state index contributed by atoms with van der Waals surface area (Å²) in [6, 6.07) is 14.7. The molecule has 5 N–H and O–H groups in total. The molecule has 144 valence electrons. The highest BCUT2D eigenvalue weighted by atomic mass is 16.5. The van der Waals surface area contributed by atoms with Gasteiger partial charge in [-0.05, 0) is 42.3 Å². The number of nitrogen functional groups attached to an aromatic ring is 1. The summed E-state index contributed by atoms with van der Waals surface area (Å²) in [5.74, 6) is 1.10. The number of ether oxygens (including phenoxy) is 1. The average molecular weight is 378 g/mol. The highest BCUT2D eigenvalue weighted by Crippen LogP contribution is 2.27. The van der Waals surface area contributed by atoms with Gasteiger partial charge in [0.15, 0.2) is 11.6 Å². The van der Waals surface area contributed by atoms with Crippen LogP contribution in [0.5, 0.6) is 5.75 Å². The smallest absolute Gasteiger partial charge is 0.269 e. The summed E-state index contributed by atoms with van der Waals surface area (Å²) in [5, 5.41) is 3.22. The van der Waals surface area contributed by atoms with Crippen molar-refractivity contribution >= 4 is 28.9 Å². The van der Waals surface area contributed by atoms with E-state index in [-0.39, 0.29) is 5.91 Å². The Labute approximate surface area is 163 Å². The number of para-hydroxylation sites is 1. The van der Waals surface area contributed by atoms with E-state index in [1.54, 1.807) is 31.4 Å². The van der Waals surface area contributed by atoms with Gasteiger partial charge in [0.05, 0.1) is 7.11 Å². The number of hydrazine groups is 1. The van der Waals surface area contributed by atoms with E-state index < -0.39 is 0 Å². The monoisotopic (exact) mass is 378 g/mol. The quantitative estimate of drug-likeness (QED) is 0.467. The molecule has 0 aliphatic carbocycles. The molecule has 8 heteroatoms. The fourth-order valence-electron chi connectivity index (χ4n) is 2.60. The highest BCUT2D eigenvalue weighted by molar-refractivity contribution is 5.95. The molecule has 0 atom stereocenters. The second kappa shape index (κ2) is 8.72. The molecule has 0 unspecified atom stereocenters. The van der Waals surface area contributed by atoms with Gasteiger partial charge >= 0.3 is 0 Å². The van der Waals surface area contributed by atoms with Crippen LogP contribution in [0, 0.1) is 0 Å². The molecule has 0 saturated heterocycles. The lowest BCUT2D eigenvalue weighted by Crippen LogP contribution is -2.30. The third kappa shape index (κ3) is 4.29. The van der Waals surface area contributed by atoms with Crippen molar-refractivity contribution in [3.05, 3.63) is 66.0 Å². The van der Waals surface area contributed by atoms with E-state index in [4.69, 9.17) is 10.5 Å². The summed E-state index contributed by atoms with van der Waals surface area (Å²) in [6.07, 6.45) is 2.24. The Hall–Kier alpha value is -3.81. The molecule has 0 aliphatic heterocycles. The standard InChI is InChI=1S/C20H22N6O2/c1-3-13-6-4-5-7-16(13)24-18-17(21)19(23-12-22-18)25-26-20(27)14-8-10-15(28-2)11-9-14/h4-12H,3,21H2,1-2H3,(H,26,27)(H2,22,23,24,25). The Morgan fingerprint density at radius 3 is 2.50 bits per heavy atom. The first-order chi connectivity index (χ1) is 13.6. The lowest BCUT2D eigenvalue weighted by atomic mass is 10.1. The summed E-state index contributed by atoms with van der Waals surface area (Å²) in [7, 11) is 1.57. The first-order valence-electron chi connectivity index (χ1n) is 8.78. The van der Waals surface area contributed by atoms with E-state index >= 15 is 0 Å². The van der Waals surface area contributed by atoms with Crippen LogP contribution in [0.25, 0.3) is 0 Å². The number of hydrogen-bond donors (Lipinski definition) is 4. The lowest BCUT2D eigenvalue weighted by molar-refractivity contribution is 0.0962. The zero-order chi connectivity index (χ0) is 19.9. The molecule has 0 saturated carbocycles. The van der Waals surface area contributed by atoms with Crippen LogP contribution < -0.4 is 26.6 Å². The number of amides is 1. The van der Waals surface area contributed by atoms with E-state index in [9.17, 15) is 4.79 Å². The van der Waals surface area contributed by atoms with Crippen molar-refractivity contribution in [3.63, 3.8) is 0 Å². The van der Waals surface area contributed by atoms with Gasteiger partial charge < -0.3 is 15.8 Å². The maximum atomic E-state index is 12.3. The Morgan fingerprint density at radius 1 is 1.07 bits per heavy atom. The number of hydrogen-bond acceptors (Lipinski definition) is 7. The van der Waals surface area contributed by atoms with Crippen molar-refractivity contribution in [2.24, 2.45) is 0 Å². The minimum absolute atomic E-state index is 0.295. The first kappa shape index (κ1) is 19.0. The predicted octanol–water partition coefficient (Wildman–Crippen LogP) is 3.13. The molecule has 1 heterocycles. The number of nitrogens with two attached hydrogens (primary N) is 1. The fourth-order valence-corrected chi connectivity index (χ4v) is 2.60. The van der Waals surface area contributed by atoms with Crippen LogP contribution in [-0.4, -0.2) is 23.0 Å². The number of benzene rings is 2.